The molecule has 6 rings (SSSR count). The Labute approximate surface area is 228 Å². The lowest BCUT2D eigenvalue weighted by atomic mass is 9.86. The fraction of sp³-hybridized carbons (Fsp3) is 0.419. The summed E-state index contributed by atoms with van der Waals surface area (Å²) in [6.07, 6.45) is 10.8. The van der Waals surface area contributed by atoms with Crippen LogP contribution in [0.2, 0.25) is 0 Å². The van der Waals surface area contributed by atoms with Gasteiger partial charge in [0.2, 0.25) is 0 Å². The molecule has 2 aliphatic rings. The third-order valence-corrected chi connectivity index (χ3v) is 8.49. The molecule has 2 heterocycles. The van der Waals surface area contributed by atoms with E-state index >= 15 is 0 Å². The maximum Gasteiger partial charge on any atom is 0.339 e. The van der Waals surface area contributed by atoms with Crippen molar-refractivity contribution in [1.82, 2.24) is 24.8 Å². The number of carboxylic acid groups (broad SMARTS) is 1. The van der Waals surface area contributed by atoms with Crippen LogP contribution in [-0.4, -0.2) is 42.0 Å². The third kappa shape index (κ3) is 4.95. The van der Waals surface area contributed by atoms with E-state index in [1.165, 1.54) is 38.3 Å². The number of carboxylic acids is 1. The van der Waals surface area contributed by atoms with Gasteiger partial charge in [-0.25, -0.2) is 9.48 Å². The SMILES string of the molecule is Cc1c(OC(C)C2CCCCC2)cccc1-c1cccc(-n2ncc(C(=O)O)c2[C@@H]2C[C@H]2c2cn(C)nn2)c1. The van der Waals surface area contributed by atoms with Crippen LogP contribution in [0, 0.1) is 12.8 Å². The van der Waals surface area contributed by atoms with Crippen molar-refractivity contribution in [2.75, 3.05) is 0 Å². The molecule has 2 fully saturated rings. The van der Waals surface area contributed by atoms with Crippen molar-refractivity contribution in [3.05, 3.63) is 77.4 Å². The van der Waals surface area contributed by atoms with E-state index in [0.717, 1.165) is 40.2 Å². The summed E-state index contributed by atoms with van der Waals surface area (Å²) in [6.45, 7) is 4.32. The predicted octanol–water partition coefficient (Wildman–Crippen LogP) is 6.29. The van der Waals surface area contributed by atoms with Crippen LogP contribution in [-0.2, 0) is 7.05 Å². The molecule has 2 aromatic carbocycles. The van der Waals surface area contributed by atoms with Crippen molar-refractivity contribution in [2.45, 2.75) is 70.3 Å². The molecule has 2 aromatic heterocycles. The summed E-state index contributed by atoms with van der Waals surface area (Å²) < 4.78 is 9.98. The van der Waals surface area contributed by atoms with Gasteiger partial charge in [-0.15, -0.1) is 5.10 Å². The minimum Gasteiger partial charge on any atom is -0.490 e. The van der Waals surface area contributed by atoms with Crippen molar-refractivity contribution in [3.63, 3.8) is 0 Å². The highest BCUT2D eigenvalue weighted by Crippen LogP contribution is 2.55. The van der Waals surface area contributed by atoms with Crippen LogP contribution >= 0.6 is 0 Å². The number of ether oxygens (including phenoxy) is 1. The average Bonchev–Trinajstić information content (AvgIpc) is 3.39. The standard InChI is InChI=1S/C31H35N5O3/c1-19-24(13-8-14-29(19)39-20(2)21-9-5-4-6-10-21)22-11-7-12-23(15-22)36-30(27(17-32-36)31(37)38)26-16-25(26)28-18-35(3)34-33-28/h7-8,11-15,17-18,20-21,25-26H,4-6,9-10,16H2,1-3H3,(H,37,38)/t20?,25-,26-/m1/s1. The predicted molar refractivity (Wildman–Crippen MR) is 148 cm³/mol. The van der Waals surface area contributed by atoms with Crippen LogP contribution in [0.25, 0.3) is 16.8 Å². The zero-order valence-corrected chi connectivity index (χ0v) is 22.7. The van der Waals surface area contributed by atoms with Crippen molar-refractivity contribution >= 4 is 5.97 Å². The van der Waals surface area contributed by atoms with Crippen LogP contribution in [0.1, 0.15) is 84.6 Å². The van der Waals surface area contributed by atoms with E-state index in [1.54, 1.807) is 9.36 Å². The maximum atomic E-state index is 12.1. The molecule has 0 saturated heterocycles. The molecular weight excluding hydrogens is 490 g/mol. The molecule has 3 atom stereocenters. The van der Waals surface area contributed by atoms with Gasteiger partial charge in [0.25, 0.3) is 0 Å². The number of carbonyl (C=O) groups is 1. The minimum atomic E-state index is -0.968. The van der Waals surface area contributed by atoms with Gasteiger partial charge >= 0.3 is 5.97 Å². The van der Waals surface area contributed by atoms with Crippen molar-refractivity contribution in [3.8, 4) is 22.6 Å². The van der Waals surface area contributed by atoms with Gasteiger partial charge in [-0.1, -0.05) is 48.7 Å². The molecule has 2 aliphatic carbocycles. The second-order valence-corrected chi connectivity index (χ2v) is 11.1. The van der Waals surface area contributed by atoms with E-state index in [2.05, 4.69) is 59.6 Å². The first kappa shape index (κ1) is 25.3. The molecule has 4 aromatic rings. The van der Waals surface area contributed by atoms with E-state index in [9.17, 15) is 9.90 Å². The Kier molecular flexibility index (Phi) is 6.71. The number of benzene rings is 2. The van der Waals surface area contributed by atoms with Gasteiger partial charge in [0, 0.05) is 25.1 Å². The first-order chi connectivity index (χ1) is 18.9. The summed E-state index contributed by atoms with van der Waals surface area (Å²) in [5, 5.41) is 22.8. The topological polar surface area (TPSA) is 95.1 Å². The van der Waals surface area contributed by atoms with Crippen LogP contribution in [0.4, 0.5) is 0 Å². The van der Waals surface area contributed by atoms with Gasteiger partial charge in [-0.05, 0) is 73.9 Å². The Morgan fingerprint density at radius 3 is 2.64 bits per heavy atom. The quantitative estimate of drug-likeness (QED) is 0.290. The number of aryl methyl sites for hydroxylation is 1. The largest absolute Gasteiger partial charge is 0.490 e. The molecule has 8 heteroatoms. The van der Waals surface area contributed by atoms with Gasteiger partial charge < -0.3 is 9.84 Å². The smallest absolute Gasteiger partial charge is 0.339 e. The molecule has 0 aliphatic heterocycles. The van der Waals surface area contributed by atoms with Gasteiger partial charge in [-0.3, -0.25) is 4.68 Å². The molecule has 2 saturated carbocycles. The molecule has 0 amide bonds. The first-order valence-corrected chi connectivity index (χ1v) is 13.9. The Bertz CT molecular complexity index is 1500. The summed E-state index contributed by atoms with van der Waals surface area (Å²) >= 11 is 0. The van der Waals surface area contributed by atoms with Crippen molar-refractivity contribution < 1.29 is 14.6 Å². The molecule has 0 bridgehead atoms. The first-order valence-electron chi connectivity index (χ1n) is 13.9. The van der Waals surface area contributed by atoms with Gasteiger partial charge in [0.15, 0.2) is 0 Å². The zero-order valence-electron chi connectivity index (χ0n) is 22.7. The Morgan fingerprint density at radius 2 is 1.90 bits per heavy atom. The number of hydrogen-bond donors (Lipinski definition) is 1. The van der Waals surface area contributed by atoms with E-state index < -0.39 is 5.97 Å². The average molecular weight is 526 g/mol. The molecule has 1 unspecified atom stereocenters. The number of aromatic nitrogens is 5. The fourth-order valence-corrected chi connectivity index (χ4v) is 6.20. The summed E-state index contributed by atoms with van der Waals surface area (Å²) in [6, 6.07) is 14.4. The van der Waals surface area contributed by atoms with Gasteiger partial charge in [0.05, 0.1) is 29.4 Å². The molecule has 1 N–H and O–H groups in total. The molecular formula is C31H35N5O3. The van der Waals surface area contributed by atoms with E-state index in [4.69, 9.17) is 4.74 Å². The zero-order chi connectivity index (χ0) is 27.1. The van der Waals surface area contributed by atoms with Crippen LogP contribution in [0.5, 0.6) is 5.75 Å². The molecule has 39 heavy (non-hydrogen) atoms. The van der Waals surface area contributed by atoms with Crippen molar-refractivity contribution in [1.29, 1.82) is 0 Å². The summed E-state index contributed by atoms with van der Waals surface area (Å²) in [5.74, 6) is 0.731. The highest BCUT2D eigenvalue weighted by atomic mass is 16.5. The molecule has 202 valence electrons. The normalized spacial score (nSPS) is 20.1. The molecule has 0 radical (unpaired) electrons. The highest BCUT2D eigenvalue weighted by molar-refractivity contribution is 5.89. The van der Waals surface area contributed by atoms with Crippen LogP contribution in [0.3, 0.4) is 0 Å². The number of hydrogen-bond acceptors (Lipinski definition) is 5. The second-order valence-electron chi connectivity index (χ2n) is 11.1. The number of aromatic carboxylic acids is 1. The Morgan fingerprint density at radius 1 is 1.10 bits per heavy atom. The van der Waals surface area contributed by atoms with E-state index in [-0.39, 0.29) is 23.5 Å². The molecule has 8 nitrogen and oxygen atoms in total. The number of rotatable bonds is 8. The Hall–Kier alpha value is -3.94. The van der Waals surface area contributed by atoms with Gasteiger partial charge in [0.1, 0.15) is 11.3 Å². The molecule has 0 spiro atoms. The monoisotopic (exact) mass is 525 g/mol. The van der Waals surface area contributed by atoms with E-state index in [0.29, 0.717) is 11.6 Å². The van der Waals surface area contributed by atoms with Crippen molar-refractivity contribution in [2.24, 2.45) is 13.0 Å². The van der Waals surface area contributed by atoms with Crippen LogP contribution in [0.15, 0.2) is 54.9 Å². The minimum absolute atomic E-state index is 0.0266. The highest BCUT2D eigenvalue weighted by Gasteiger charge is 2.46. The Balaban J connectivity index is 1.31. The van der Waals surface area contributed by atoms with Crippen LogP contribution < -0.4 is 4.74 Å². The fourth-order valence-electron chi connectivity index (χ4n) is 6.20. The summed E-state index contributed by atoms with van der Waals surface area (Å²) in [7, 11) is 1.84. The lowest BCUT2D eigenvalue weighted by Crippen LogP contribution is -2.26. The van der Waals surface area contributed by atoms with E-state index in [1.807, 2.05) is 25.4 Å². The third-order valence-electron chi connectivity index (χ3n) is 8.49. The number of nitrogens with zero attached hydrogens (tertiary/aromatic N) is 5. The maximum absolute atomic E-state index is 12.1. The second kappa shape index (κ2) is 10.3. The summed E-state index contributed by atoms with van der Waals surface area (Å²) in [4.78, 5) is 12.1. The lowest BCUT2D eigenvalue weighted by Gasteiger charge is -2.29. The van der Waals surface area contributed by atoms with Gasteiger partial charge in [-0.2, -0.15) is 5.10 Å². The lowest BCUT2D eigenvalue weighted by molar-refractivity contribution is 0.0695. The summed E-state index contributed by atoms with van der Waals surface area (Å²) in [5.41, 5.74) is 5.91.